The van der Waals surface area contributed by atoms with Crippen LogP contribution in [0.2, 0.25) is 0 Å². The summed E-state index contributed by atoms with van der Waals surface area (Å²) < 4.78 is 5.40. The highest BCUT2D eigenvalue weighted by atomic mass is 32.2. The minimum atomic E-state index is -0.0854. The van der Waals surface area contributed by atoms with Gasteiger partial charge in [-0.3, -0.25) is 9.59 Å². The fourth-order valence-electron chi connectivity index (χ4n) is 3.22. The molecule has 1 aromatic heterocycles. The van der Waals surface area contributed by atoms with E-state index in [1.165, 1.54) is 4.90 Å². The molecule has 0 unspecified atom stereocenters. The van der Waals surface area contributed by atoms with Gasteiger partial charge < -0.3 is 14.6 Å². The van der Waals surface area contributed by atoms with Crippen molar-refractivity contribution < 1.29 is 14.0 Å². The van der Waals surface area contributed by atoms with Gasteiger partial charge in [-0.25, -0.2) is 0 Å². The molecular formula is C23H22N2O3S2. The van der Waals surface area contributed by atoms with Crippen molar-refractivity contribution >= 4 is 35.3 Å². The molecule has 7 heteroatoms. The van der Waals surface area contributed by atoms with E-state index in [2.05, 4.69) is 17.4 Å². The number of amides is 2. The zero-order valence-corrected chi connectivity index (χ0v) is 18.0. The molecule has 4 rings (SSSR count). The van der Waals surface area contributed by atoms with Crippen LogP contribution in [0.4, 0.5) is 0 Å². The summed E-state index contributed by atoms with van der Waals surface area (Å²) in [5.74, 6) is 2.04. The molecule has 2 heterocycles. The molecular weight excluding hydrogens is 416 g/mol. The van der Waals surface area contributed by atoms with Crippen molar-refractivity contribution in [3.05, 3.63) is 89.9 Å². The van der Waals surface area contributed by atoms with Crippen LogP contribution in [0.1, 0.15) is 27.1 Å². The number of carbonyl (C=O) groups excluding carboxylic acids is 2. The van der Waals surface area contributed by atoms with Gasteiger partial charge in [0, 0.05) is 22.8 Å². The lowest BCUT2D eigenvalue weighted by atomic mass is 10.1. The topological polar surface area (TPSA) is 62.6 Å². The average molecular weight is 439 g/mol. The quantitative estimate of drug-likeness (QED) is 0.412. The lowest BCUT2D eigenvalue weighted by molar-refractivity contribution is -0.128. The van der Waals surface area contributed by atoms with Crippen LogP contribution in [-0.2, 0) is 11.3 Å². The number of hydrogen-bond acceptors (Lipinski definition) is 5. The number of nitrogens with zero attached hydrogens (tertiary/aromatic N) is 1. The predicted octanol–water partition coefficient (Wildman–Crippen LogP) is 4.58. The van der Waals surface area contributed by atoms with Crippen LogP contribution in [0.15, 0.2) is 82.3 Å². The van der Waals surface area contributed by atoms with Gasteiger partial charge in [-0.15, -0.1) is 23.5 Å². The number of carbonyl (C=O) groups is 2. The predicted molar refractivity (Wildman–Crippen MR) is 120 cm³/mol. The third-order valence-corrected chi connectivity index (χ3v) is 7.00. The average Bonchev–Trinajstić information content (AvgIpc) is 3.42. The Balaban J connectivity index is 1.31. The highest BCUT2D eigenvalue weighted by Gasteiger charge is 2.33. The van der Waals surface area contributed by atoms with Crippen LogP contribution < -0.4 is 5.32 Å². The molecule has 154 valence electrons. The molecule has 0 spiro atoms. The number of hydrogen-bond donors (Lipinski definition) is 1. The fourth-order valence-corrected chi connectivity index (χ4v) is 5.20. The normalized spacial score (nSPS) is 16.1. The fraction of sp³-hybridized carbons (Fsp3) is 0.217. The third kappa shape index (κ3) is 5.09. The maximum atomic E-state index is 12.4. The van der Waals surface area contributed by atoms with Crippen LogP contribution in [0.5, 0.6) is 0 Å². The van der Waals surface area contributed by atoms with Crippen LogP contribution in [-0.4, -0.2) is 34.8 Å². The SMILES string of the molecule is O=C(NCCSc1ccccc1)c1ccc([C@@H]2SCC(=O)N2Cc2ccco2)cc1. The summed E-state index contributed by atoms with van der Waals surface area (Å²) in [7, 11) is 0. The van der Waals surface area contributed by atoms with Crippen molar-refractivity contribution in [2.24, 2.45) is 0 Å². The maximum Gasteiger partial charge on any atom is 0.251 e. The van der Waals surface area contributed by atoms with Gasteiger partial charge in [0.05, 0.1) is 18.6 Å². The molecule has 0 saturated carbocycles. The van der Waals surface area contributed by atoms with Gasteiger partial charge in [0.25, 0.3) is 5.91 Å². The Kier molecular flexibility index (Phi) is 6.81. The van der Waals surface area contributed by atoms with Crippen molar-refractivity contribution in [2.45, 2.75) is 16.8 Å². The Morgan fingerprint density at radius 1 is 1.10 bits per heavy atom. The van der Waals surface area contributed by atoms with Gasteiger partial charge in [-0.05, 0) is 42.0 Å². The van der Waals surface area contributed by atoms with Gasteiger partial charge in [0.2, 0.25) is 5.91 Å². The second-order valence-electron chi connectivity index (χ2n) is 6.80. The van der Waals surface area contributed by atoms with Crippen LogP contribution in [0, 0.1) is 0 Å². The minimum absolute atomic E-state index is 0.0676. The summed E-state index contributed by atoms with van der Waals surface area (Å²) >= 11 is 3.31. The third-order valence-electron chi connectivity index (χ3n) is 4.73. The largest absolute Gasteiger partial charge is 0.467 e. The van der Waals surface area contributed by atoms with E-state index < -0.39 is 0 Å². The number of rotatable bonds is 8. The number of nitrogens with one attached hydrogen (secondary N) is 1. The Bertz CT molecular complexity index is 975. The van der Waals surface area contributed by atoms with Crippen molar-refractivity contribution in [3.8, 4) is 0 Å². The Morgan fingerprint density at radius 2 is 1.90 bits per heavy atom. The highest BCUT2D eigenvalue weighted by molar-refractivity contribution is 8.00. The first kappa shape index (κ1) is 20.6. The van der Waals surface area contributed by atoms with Gasteiger partial charge in [-0.2, -0.15) is 0 Å². The molecule has 3 aromatic rings. The summed E-state index contributed by atoms with van der Waals surface area (Å²) in [5, 5.41) is 2.89. The van der Waals surface area contributed by atoms with Crippen LogP contribution in [0.25, 0.3) is 0 Å². The molecule has 5 nitrogen and oxygen atoms in total. The van der Waals surface area contributed by atoms with Gasteiger partial charge >= 0.3 is 0 Å². The molecule has 1 saturated heterocycles. The van der Waals surface area contributed by atoms with Crippen LogP contribution in [0.3, 0.4) is 0 Å². The summed E-state index contributed by atoms with van der Waals surface area (Å²) in [6.45, 7) is 1.05. The van der Waals surface area contributed by atoms with Crippen molar-refractivity contribution in [2.75, 3.05) is 18.1 Å². The molecule has 0 bridgehead atoms. The summed E-state index contributed by atoms with van der Waals surface area (Å²) in [6.07, 6.45) is 1.61. The first-order valence-electron chi connectivity index (χ1n) is 9.70. The summed E-state index contributed by atoms with van der Waals surface area (Å²) in [6, 6.07) is 21.3. The first-order valence-corrected chi connectivity index (χ1v) is 11.7. The van der Waals surface area contributed by atoms with Gasteiger partial charge in [-0.1, -0.05) is 30.3 Å². The number of benzene rings is 2. The highest BCUT2D eigenvalue weighted by Crippen LogP contribution is 2.39. The van der Waals surface area contributed by atoms with Crippen molar-refractivity contribution in [1.82, 2.24) is 10.2 Å². The van der Waals surface area contributed by atoms with E-state index in [0.717, 1.165) is 17.1 Å². The van der Waals surface area contributed by atoms with E-state index >= 15 is 0 Å². The van der Waals surface area contributed by atoms with Crippen molar-refractivity contribution in [3.63, 3.8) is 0 Å². The maximum absolute atomic E-state index is 12.4. The Labute approximate surface area is 184 Å². The van der Waals surface area contributed by atoms with Crippen LogP contribution >= 0.6 is 23.5 Å². The van der Waals surface area contributed by atoms with E-state index in [-0.39, 0.29) is 17.2 Å². The van der Waals surface area contributed by atoms with E-state index in [4.69, 9.17) is 4.42 Å². The minimum Gasteiger partial charge on any atom is -0.467 e. The zero-order valence-electron chi connectivity index (χ0n) is 16.3. The van der Waals surface area contributed by atoms with E-state index in [0.29, 0.717) is 24.4 Å². The van der Waals surface area contributed by atoms with Crippen molar-refractivity contribution in [1.29, 1.82) is 0 Å². The molecule has 0 radical (unpaired) electrons. The molecule has 1 aliphatic rings. The Hall–Kier alpha value is -2.64. The summed E-state index contributed by atoms with van der Waals surface area (Å²) in [5.41, 5.74) is 1.63. The lowest BCUT2D eigenvalue weighted by Gasteiger charge is -2.23. The standard InChI is InChI=1S/C23H22N2O3S2/c26-21-16-30-23(25(21)15-19-5-4-13-28-19)18-10-8-17(9-11-18)22(27)24-12-14-29-20-6-2-1-3-7-20/h1-11,13,23H,12,14-16H2,(H,24,27)/t23-/m0/s1. The number of thioether (sulfide) groups is 2. The molecule has 2 aromatic carbocycles. The Morgan fingerprint density at radius 3 is 2.63 bits per heavy atom. The molecule has 1 fully saturated rings. The molecule has 0 aliphatic carbocycles. The van der Waals surface area contributed by atoms with E-state index in [9.17, 15) is 9.59 Å². The zero-order chi connectivity index (χ0) is 20.8. The second kappa shape index (κ2) is 9.91. The molecule has 2 amide bonds. The molecule has 1 N–H and O–H groups in total. The smallest absolute Gasteiger partial charge is 0.251 e. The first-order chi connectivity index (χ1) is 14.7. The monoisotopic (exact) mass is 438 g/mol. The van der Waals surface area contributed by atoms with Gasteiger partial charge in [0.1, 0.15) is 11.1 Å². The molecule has 1 atom stereocenters. The molecule has 1 aliphatic heterocycles. The molecule has 30 heavy (non-hydrogen) atoms. The van der Waals surface area contributed by atoms with E-state index in [1.54, 1.807) is 29.8 Å². The van der Waals surface area contributed by atoms with Gasteiger partial charge in [0.15, 0.2) is 0 Å². The lowest BCUT2D eigenvalue weighted by Crippen LogP contribution is -2.28. The van der Waals surface area contributed by atoms with E-state index in [1.807, 2.05) is 59.5 Å². The summed E-state index contributed by atoms with van der Waals surface area (Å²) in [4.78, 5) is 27.7. The second-order valence-corrected chi connectivity index (χ2v) is 9.04. The number of furan rings is 1.